The summed E-state index contributed by atoms with van der Waals surface area (Å²) in [5.41, 5.74) is 2.97. The summed E-state index contributed by atoms with van der Waals surface area (Å²) in [7, 11) is 1.50. The van der Waals surface area contributed by atoms with Crippen LogP contribution in [0.15, 0.2) is 48.0 Å². The predicted molar refractivity (Wildman–Crippen MR) is 106 cm³/mol. The van der Waals surface area contributed by atoms with Crippen molar-refractivity contribution < 1.29 is 29.2 Å². The molecule has 2 aliphatic rings. The lowest BCUT2D eigenvalue weighted by Crippen LogP contribution is -2.39. The molecule has 29 heavy (non-hydrogen) atoms. The number of ether oxygens (including phenoxy) is 3. The van der Waals surface area contributed by atoms with Gasteiger partial charge in [0.25, 0.3) is 0 Å². The van der Waals surface area contributed by atoms with E-state index >= 15 is 0 Å². The van der Waals surface area contributed by atoms with E-state index in [2.05, 4.69) is 0 Å². The summed E-state index contributed by atoms with van der Waals surface area (Å²) >= 11 is 0. The SMILES string of the molecule is CO[C@@H]1OC(=O)C(c2ccc(O)cc2)=C1Cc1ccc2c(c1)C[C@H](C(C)(C)O)O2. The van der Waals surface area contributed by atoms with Gasteiger partial charge in [0.2, 0.25) is 6.29 Å². The molecular formula is C23H24O6. The third-order valence-corrected chi connectivity index (χ3v) is 5.38. The number of hydrogen-bond donors (Lipinski definition) is 2. The Bertz CT molecular complexity index is 968. The summed E-state index contributed by atoms with van der Waals surface area (Å²) < 4.78 is 16.6. The van der Waals surface area contributed by atoms with E-state index in [9.17, 15) is 15.0 Å². The van der Waals surface area contributed by atoms with Gasteiger partial charge in [0.1, 0.15) is 17.6 Å². The fourth-order valence-corrected chi connectivity index (χ4v) is 3.80. The minimum Gasteiger partial charge on any atom is -0.508 e. The highest BCUT2D eigenvalue weighted by molar-refractivity contribution is 6.19. The summed E-state index contributed by atoms with van der Waals surface area (Å²) in [6.45, 7) is 3.48. The molecule has 0 saturated carbocycles. The van der Waals surface area contributed by atoms with E-state index in [0.29, 0.717) is 24.0 Å². The summed E-state index contributed by atoms with van der Waals surface area (Å²) in [6.07, 6.45) is 0.0585. The average molecular weight is 396 g/mol. The zero-order valence-electron chi connectivity index (χ0n) is 16.6. The van der Waals surface area contributed by atoms with Gasteiger partial charge in [-0.05, 0) is 48.7 Å². The van der Waals surface area contributed by atoms with Crippen LogP contribution >= 0.6 is 0 Å². The molecule has 2 aromatic rings. The van der Waals surface area contributed by atoms with E-state index < -0.39 is 17.9 Å². The van der Waals surface area contributed by atoms with E-state index in [1.54, 1.807) is 26.0 Å². The number of carbonyl (C=O) groups is 1. The first kappa shape index (κ1) is 19.5. The number of hydrogen-bond acceptors (Lipinski definition) is 6. The van der Waals surface area contributed by atoms with Crippen LogP contribution in [-0.4, -0.2) is 41.3 Å². The number of phenolic OH excluding ortho intramolecular Hbond substituents is 1. The van der Waals surface area contributed by atoms with E-state index in [-0.39, 0.29) is 11.9 Å². The molecule has 0 aromatic heterocycles. The fraction of sp³-hybridized carbons (Fsp3) is 0.348. The normalized spacial score (nSPS) is 21.2. The molecule has 2 aliphatic heterocycles. The van der Waals surface area contributed by atoms with Crippen LogP contribution in [0.2, 0.25) is 0 Å². The monoisotopic (exact) mass is 396 g/mol. The third-order valence-electron chi connectivity index (χ3n) is 5.38. The number of benzene rings is 2. The van der Waals surface area contributed by atoms with E-state index in [1.165, 1.54) is 19.2 Å². The van der Waals surface area contributed by atoms with Crippen molar-refractivity contribution in [2.24, 2.45) is 0 Å². The summed E-state index contributed by atoms with van der Waals surface area (Å²) in [6, 6.07) is 12.3. The Morgan fingerprint density at radius 2 is 1.86 bits per heavy atom. The number of carbonyl (C=O) groups excluding carboxylic acids is 1. The molecule has 2 N–H and O–H groups in total. The van der Waals surface area contributed by atoms with Crippen molar-refractivity contribution >= 4 is 11.5 Å². The van der Waals surface area contributed by atoms with Gasteiger partial charge >= 0.3 is 5.97 Å². The Balaban J connectivity index is 1.67. The lowest BCUT2D eigenvalue weighted by molar-refractivity contribution is -0.154. The molecule has 2 atom stereocenters. The van der Waals surface area contributed by atoms with Crippen LogP contribution in [0.1, 0.15) is 30.5 Å². The Labute approximate surface area is 169 Å². The zero-order valence-corrected chi connectivity index (χ0v) is 16.6. The first-order valence-corrected chi connectivity index (χ1v) is 9.53. The maximum atomic E-state index is 12.5. The summed E-state index contributed by atoms with van der Waals surface area (Å²) in [5, 5.41) is 19.8. The second-order valence-electron chi connectivity index (χ2n) is 8.00. The van der Waals surface area contributed by atoms with Gasteiger partial charge in [-0.25, -0.2) is 4.79 Å². The van der Waals surface area contributed by atoms with Crippen molar-refractivity contribution in [2.45, 2.75) is 44.7 Å². The van der Waals surface area contributed by atoms with Crippen LogP contribution in [0.25, 0.3) is 5.57 Å². The Kier molecular flexibility index (Phi) is 4.84. The van der Waals surface area contributed by atoms with Crippen molar-refractivity contribution in [2.75, 3.05) is 7.11 Å². The Morgan fingerprint density at radius 1 is 1.14 bits per heavy atom. The standard InChI is InChI=1S/C23H24O6/c1-23(2,26)19-12-15-10-13(4-9-18(15)28-19)11-17-20(21(25)29-22(17)27-3)14-5-7-16(24)8-6-14/h4-10,19,22,24,26H,11-12H2,1-3H3/t19-,22-/m1/s1. The van der Waals surface area contributed by atoms with Crippen molar-refractivity contribution in [3.8, 4) is 11.5 Å². The van der Waals surface area contributed by atoms with Crippen LogP contribution in [0, 0.1) is 0 Å². The quantitative estimate of drug-likeness (QED) is 0.756. The molecule has 0 bridgehead atoms. The maximum absolute atomic E-state index is 12.5. The largest absolute Gasteiger partial charge is 0.508 e. The second kappa shape index (κ2) is 7.21. The maximum Gasteiger partial charge on any atom is 0.341 e. The number of aromatic hydroxyl groups is 1. The molecule has 6 nitrogen and oxygen atoms in total. The highest BCUT2D eigenvalue weighted by Crippen LogP contribution is 2.37. The molecular weight excluding hydrogens is 372 g/mol. The number of aliphatic hydroxyl groups is 1. The molecule has 6 heteroatoms. The van der Waals surface area contributed by atoms with Crippen LogP contribution < -0.4 is 4.74 Å². The molecule has 0 unspecified atom stereocenters. The summed E-state index contributed by atoms with van der Waals surface area (Å²) in [5.74, 6) is 0.463. The van der Waals surface area contributed by atoms with Crippen LogP contribution in [0.4, 0.5) is 0 Å². The third kappa shape index (κ3) is 3.73. The minimum absolute atomic E-state index is 0.130. The highest BCUT2D eigenvalue weighted by atomic mass is 16.7. The first-order valence-electron chi connectivity index (χ1n) is 9.53. The van der Waals surface area contributed by atoms with Crippen molar-refractivity contribution in [1.82, 2.24) is 0 Å². The molecule has 0 fully saturated rings. The van der Waals surface area contributed by atoms with E-state index in [4.69, 9.17) is 14.2 Å². The Morgan fingerprint density at radius 3 is 2.52 bits per heavy atom. The number of cyclic esters (lactones) is 1. The van der Waals surface area contributed by atoms with Gasteiger partial charge < -0.3 is 24.4 Å². The Hall–Kier alpha value is -2.83. The fourth-order valence-electron chi connectivity index (χ4n) is 3.80. The van der Waals surface area contributed by atoms with Gasteiger partial charge in [-0.15, -0.1) is 0 Å². The number of fused-ring (bicyclic) bond motifs is 1. The van der Waals surface area contributed by atoms with Crippen molar-refractivity contribution in [3.05, 3.63) is 64.7 Å². The van der Waals surface area contributed by atoms with Gasteiger partial charge in [-0.1, -0.05) is 24.3 Å². The first-order chi connectivity index (χ1) is 13.8. The topological polar surface area (TPSA) is 85.2 Å². The van der Waals surface area contributed by atoms with Gasteiger partial charge in [-0.3, -0.25) is 0 Å². The second-order valence-corrected chi connectivity index (χ2v) is 8.00. The van der Waals surface area contributed by atoms with Crippen LogP contribution in [0.5, 0.6) is 11.5 Å². The molecule has 0 spiro atoms. The molecule has 4 rings (SSSR count). The zero-order chi connectivity index (χ0) is 20.8. The number of phenols is 1. The number of rotatable bonds is 5. The lowest BCUT2D eigenvalue weighted by atomic mass is 9.93. The van der Waals surface area contributed by atoms with Crippen LogP contribution in [0.3, 0.4) is 0 Å². The van der Waals surface area contributed by atoms with Gasteiger partial charge in [0, 0.05) is 25.5 Å². The van der Waals surface area contributed by atoms with Crippen molar-refractivity contribution in [3.63, 3.8) is 0 Å². The van der Waals surface area contributed by atoms with Gasteiger partial charge in [0.15, 0.2) is 0 Å². The molecule has 0 saturated heterocycles. The highest BCUT2D eigenvalue weighted by Gasteiger charge is 2.37. The van der Waals surface area contributed by atoms with E-state index in [1.807, 2.05) is 18.2 Å². The van der Waals surface area contributed by atoms with Crippen LogP contribution in [-0.2, 0) is 27.1 Å². The minimum atomic E-state index is -0.930. The molecule has 0 amide bonds. The number of esters is 1. The van der Waals surface area contributed by atoms with E-state index in [0.717, 1.165) is 22.4 Å². The molecule has 0 aliphatic carbocycles. The van der Waals surface area contributed by atoms with Crippen molar-refractivity contribution in [1.29, 1.82) is 0 Å². The number of methoxy groups -OCH3 is 1. The van der Waals surface area contributed by atoms with Gasteiger partial charge in [-0.2, -0.15) is 0 Å². The molecule has 2 heterocycles. The lowest BCUT2D eigenvalue weighted by Gasteiger charge is -2.24. The molecule has 0 radical (unpaired) electrons. The predicted octanol–water partition coefficient (Wildman–Crippen LogP) is 2.99. The van der Waals surface area contributed by atoms with Gasteiger partial charge in [0.05, 0.1) is 11.2 Å². The molecule has 2 aromatic carbocycles. The summed E-state index contributed by atoms with van der Waals surface area (Å²) in [4.78, 5) is 12.5. The average Bonchev–Trinajstić information content (AvgIpc) is 3.23. The smallest absolute Gasteiger partial charge is 0.341 e. The molecule has 152 valence electrons.